The normalized spacial score (nSPS) is 17.9. The molecule has 2 aliphatic rings. The van der Waals surface area contributed by atoms with Crippen molar-refractivity contribution in [2.45, 2.75) is 33.2 Å². The van der Waals surface area contributed by atoms with Crippen LogP contribution in [0.1, 0.15) is 38.8 Å². The summed E-state index contributed by atoms with van der Waals surface area (Å²) in [4.78, 5) is 28.3. The maximum atomic E-state index is 12.7. The third-order valence-corrected chi connectivity index (χ3v) is 5.38. The second-order valence-corrected chi connectivity index (χ2v) is 8.01. The molecular formula is C22H33N3O5. The van der Waals surface area contributed by atoms with Crippen LogP contribution in [0, 0.1) is 5.92 Å². The number of benzene rings is 1. The molecule has 1 atom stereocenters. The van der Waals surface area contributed by atoms with Crippen molar-refractivity contribution in [2.75, 3.05) is 52.5 Å². The summed E-state index contributed by atoms with van der Waals surface area (Å²) in [7, 11) is 0. The largest absolute Gasteiger partial charge is 0.490 e. The summed E-state index contributed by atoms with van der Waals surface area (Å²) in [5, 5.41) is 3.17. The summed E-state index contributed by atoms with van der Waals surface area (Å²) in [6, 6.07) is 5.78. The molecule has 1 aromatic carbocycles. The molecule has 0 saturated carbocycles. The molecule has 3 rings (SSSR count). The molecule has 0 spiro atoms. The Morgan fingerprint density at radius 1 is 1.10 bits per heavy atom. The van der Waals surface area contributed by atoms with Gasteiger partial charge in [0.05, 0.1) is 32.4 Å². The van der Waals surface area contributed by atoms with Crippen LogP contribution in [0.25, 0.3) is 0 Å². The molecule has 1 N–H and O–H groups in total. The molecule has 1 aromatic rings. The minimum atomic E-state index is -0.282. The van der Waals surface area contributed by atoms with Gasteiger partial charge < -0.3 is 24.4 Å². The van der Waals surface area contributed by atoms with Crippen LogP contribution in [0.15, 0.2) is 18.2 Å². The van der Waals surface area contributed by atoms with Gasteiger partial charge in [0.25, 0.3) is 0 Å². The van der Waals surface area contributed by atoms with E-state index in [-0.39, 0.29) is 24.0 Å². The fraction of sp³-hybridized carbons (Fsp3) is 0.636. The lowest BCUT2D eigenvalue weighted by Crippen LogP contribution is -2.51. The van der Waals surface area contributed by atoms with E-state index in [4.69, 9.17) is 14.2 Å². The van der Waals surface area contributed by atoms with E-state index in [2.05, 4.69) is 24.1 Å². The van der Waals surface area contributed by atoms with E-state index in [1.165, 1.54) is 0 Å². The Labute approximate surface area is 178 Å². The third-order valence-electron chi connectivity index (χ3n) is 5.38. The van der Waals surface area contributed by atoms with E-state index < -0.39 is 0 Å². The first kappa shape index (κ1) is 22.2. The van der Waals surface area contributed by atoms with Crippen molar-refractivity contribution in [3.63, 3.8) is 0 Å². The monoisotopic (exact) mass is 419 g/mol. The molecule has 1 saturated heterocycles. The van der Waals surface area contributed by atoms with Crippen molar-refractivity contribution in [2.24, 2.45) is 5.92 Å². The van der Waals surface area contributed by atoms with E-state index in [1.54, 1.807) is 11.8 Å². The molecule has 0 bridgehead atoms. The van der Waals surface area contributed by atoms with Crippen LogP contribution in [-0.2, 0) is 9.53 Å². The average Bonchev–Trinajstić information content (AvgIpc) is 2.97. The van der Waals surface area contributed by atoms with E-state index in [0.717, 1.165) is 23.5 Å². The molecule has 2 amide bonds. The van der Waals surface area contributed by atoms with Crippen molar-refractivity contribution >= 4 is 12.0 Å². The second-order valence-electron chi connectivity index (χ2n) is 8.01. The van der Waals surface area contributed by atoms with Crippen LogP contribution in [0.3, 0.4) is 0 Å². The number of ether oxygens (including phenoxy) is 3. The van der Waals surface area contributed by atoms with Crippen molar-refractivity contribution in [3.8, 4) is 11.5 Å². The molecular weight excluding hydrogens is 386 g/mol. The molecule has 0 aliphatic carbocycles. The molecule has 2 aliphatic heterocycles. The average molecular weight is 420 g/mol. The van der Waals surface area contributed by atoms with Crippen LogP contribution >= 0.6 is 0 Å². The third kappa shape index (κ3) is 5.78. The van der Waals surface area contributed by atoms with E-state index in [0.29, 0.717) is 52.5 Å². The number of rotatable bonds is 6. The fourth-order valence-corrected chi connectivity index (χ4v) is 3.73. The zero-order chi connectivity index (χ0) is 21.5. The van der Waals surface area contributed by atoms with E-state index in [1.807, 2.05) is 18.2 Å². The summed E-state index contributed by atoms with van der Waals surface area (Å²) in [5.41, 5.74) is 1.01. The number of amides is 2. The first-order chi connectivity index (χ1) is 14.5. The van der Waals surface area contributed by atoms with Gasteiger partial charge >= 0.3 is 6.09 Å². The number of carbonyl (C=O) groups excluding carboxylic acids is 2. The Hall–Kier alpha value is -2.48. The highest BCUT2D eigenvalue weighted by atomic mass is 16.6. The van der Waals surface area contributed by atoms with Crippen LogP contribution < -0.4 is 14.8 Å². The molecule has 8 nitrogen and oxygen atoms in total. The van der Waals surface area contributed by atoms with Gasteiger partial charge in [0.15, 0.2) is 11.5 Å². The van der Waals surface area contributed by atoms with Crippen LogP contribution in [0.4, 0.5) is 4.79 Å². The first-order valence-corrected chi connectivity index (χ1v) is 10.8. The number of fused-ring (bicyclic) bond motifs is 1. The van der Waals surface area contributed by atoms with E-state index >= 15 is 0 Å². The van der Waals surface area contributed by atoms with E-state index in [9.17, 15) is 9.59 Å². The lowest BCUT2D eigenvalue weighted by Gasteiger charge is -2.34. The smallest absolute Gasteiger partial charge is 0.409 e. The highest BCUT2D eigenvalue weighted by Crippen LogP contribution is 2.34. The Balaban J connectivity index is 1.56. The molecule has 0 radical (unpaired) electrons. The minimum absolute atomic E-state index is 0.0228. The molecule has 8 heteroatoms. The van der Waals surface area contributed by atoms with Gasteiger partial charge in [-0.1, -0.05) is 19.9 Å². The van der Waals surface area contributed by atoms with Gasteiger partial charge in [0.1, 0.15) is 0 Å². The van der Waals surface area contributed by atoms with Gasteiger partial charge in [0, 0.05) is 32.6 Å². The number of nitrogens with zero attached hydrogens (tertiary/aromatic N) is 2. The molecule has 2 heterocycles. The van der Waals surface area contributed by atoms with Gasteiger partial charge in [0.2, 0.25) is 5.91 Å². The van der Waals surface area contributed by atoms with Crippen LogP contribution in [0.2, 0.25) is 0 Å². The second kappa shape index (κ2) is 10.5. The first-order valence-electron chi connectivity index (χ1n) is 10.8. The predicted molar refractivity (Wildman–Crippen MR) is 113 cm³/mol. The highest BCUT2D eigenvalue weighted by Gasteiger charge is 2.25. The number of piperazine rings is 1. The topological polar surface area (TPSA) is 80.3 Å². The Morgan fingerprint density at radius 2 is 1.80 bits per heavy atom. The number of nitrogens with one attached hydrogen (secondary N) is 1. The Bertz CT molecular complexity index is 731. The van der Waals surface area contributed by atoms with Gasteiger partial charge in [-0.2, -0.15) is 0 Å². The zero-order valence-corrected chi connectivity index (χ0v) is 18.2. The van der Waals surface area contributed by atoms with Crippen molar-refractivity contribution in [3.05, 3.63) is 23.8 Å². The molecule has 166 valence electrons. The van der Waals surface area contributed by atoms with Gasteiger partial charge in [-0.15, -0.1) is 0 Å². The predicted octanol–water partition coefficient (Wildman–Crippen LogP) is 2.44. The van der Waals surface area contributed by atoms with Gasteiger partial charge in [-0.25, -0.2) is 4.79 Å². The molecule has 0 unspecified atom stereocenters. The van der Waals surface area contributed by atoms with Crippen molar-refractivity contribution < 1.29 is 23.8 Å². The summed E-state index contributed by atoms with van der Waals surface area (Å²) in [5.74, 6) is 1.69. The van der Waals surface area contributed by atoms with Crippen molar-refractivity contribution in [1.29, 1.82) is 0 Å². The van der Waals surface area contributed by atoms with Gasteiger partial charge in [-0.3, -0.25) is 9.69 Å². The summed E-state index contributed by atoms with van der Waals surface area (Å²) in [6.07, 6.45) is 0.577. The maximum Gasteiger partial charge on any atom is 0.409 e. The fourth-order valence-electron chi connectivity index (χ4n) is 3.73. The summed E-state index contributed by atoms with van der Waals surface area (Å²) in [6.45, 7) is 10.4. The lowest BCUT2D eigenvalue weighted by atomic mass is 9.95. The van der Waals surface area contributed by atoms with Crippen LogP contribution in [-0.4, -0.2) is 74.3 Å². The molecule has 1 fully saturated rings. The zero-order valence-electron chi connectivity index (χ0n) is 18.2. The van der Waals surface area contributed by atoms with Crippen molar-refractivity contribution in [1.82, 2.24) is 15.1 Å². The standard InChI is InChI=1S/C22H33N3O5/c1-4-28-22(27)25-10-8-24(9-11-25)15-20(26)23-21(16(2)3)17-6-7-18-19(14-17)30-13-5-12-29-18/h6-7,14,16,21H,4-5,8-13,15H2,1-3H3,(H,23,26)/t21-/m0/s1. The summed E-state index contributed by atoms with van der Waals surface area (Å²) < 4.78 is 16.6. The highest BCUT2D eigenvalue weighted by molar-refractivity contribution is 5.78. The quantitative estimate of drug-likeness (QED) is 0.763. The number of hydrogen-bond acceptors (Lipinski definition) is 6. The Kier molecular flexibility index (Phi) is 7.79. The maximum absolute atomic E-state index is 12.7. The molecule has 0 aromatic heterocycles. The SMILES string of the molecule is CCOC(=O)N1CCN(CC(=O)N[C@H](c2ccc3c(c2)OCCCO3)C(C)C)CC1. The summed E-state index contributed by atoms with van der Waals surface area (Å²) >= 11 is 0. The van der Waals surface area contributed by atoms with Gasteiger partial charge in [-0.05, 0) is 30.5 Å². The molecule has 30 heavy (non-hydrogen) atoms. The minimum Gasteiger partial charge on any atom is -0.490 e. The number of hydrogen-bond donors (Lipinski definition) is 1. The Morgan fingerprint density at radius 3 is 2.47 bits per heavy atom. The number of carbonyl (C=O) groups is 2. The lowest BCUT2D eigenvalue weighted by molar-refractivity contribution is -0.123. The van der Waals surface area contributed by atoms with Crippen LogP contribution in [0.5, 0.6) is 11.5 Å².